The Kier molecular flexibility index (Phi) is 11.2. The summed E-state index contributed by atoms with van der Waals surface area (Å²) in [5, 5.41) is 3.41. The maximum Gasteiger partial charge on any atom is 0.193 e. The van der Waals surface area contributed by atoms with Crippen LogP contribution in [0, 0.1) is 5.92 Å². The van der Waals surface area contributed by atoms with E-state index in [0.717, 1.165) is 38.7 Å². The van der Waals surface area contributed by atoms with Crippen LogP contribution in [-0.4, -0.2) is 44.2 Å². The van der Waals surface area contributed by atoms with Gasteiger partial charge in [-0.05, 0) is 30.0 Å². The van der Waals surface area contributed by atoms with Crippen LogP contribution in [0.25, 0.3) is 0 Å². The highest BCUT2D eigenvalue weighted by atomic mass is 127. The second-order valence-electron chi connectivity index (χ2n) is 7.53. The molecule has 1 aliphatic rings. The second-order valence-corrected chi connectivity index (χ2v) is 7.53. The van der Waals surface area contributed by atoms with Gasteiger partial charge in [-0.25, -0.2) is 4.99 Å². The van der Waals surface area contributed by atoms with E-state index < -0.39 is 0 Å². The third-order valence-corrected chi connectivity index (χ3v) is 5.14. The minimum absolute atomic E-state index is 0. The van der Waals surface area contributed by atoms with Gasteiger partial charge in [0, 0.05) is 32.7 Å². The fraction of sp³-hybridized carbons (Fsp3) is 0.458. The lowest BCUT2D eigenvalue weighted by Crippen LogP contribution is -2.41. The normalized spacial score (nSPS) is 16.2. The van der Waals surface area contributed by atoms with Crippen molar-refractivity contribution in [2.45, 2.75) is 33.1 Å². The van der Waals surface area contributed by atoms with Gasteiger partial charge in [-0.1, -0.05) is 54.6 Å². The predicted molar refractivity (Wildman–Crippen MR) is 133 cm³/mol. The fourth-order valence-corrected chi connectivity index (χ4v) is 3.54. The van der Waals surface area contributed by atoms with E-state index >= 15 is 0 Å². The molecule has 1 N–H and O–H groups in total. The highest BCUT2D eigenvalue weighted by molar-refractivity contribution is 14.0. The lowest BCUT2D eigenvalue weighted by molar-refractivity contribution is 0.106. The number of halogens is 1. The molecule has 1 saturated heterocycles. The van der Waals surface area contributed by atoms with Crippen LogP contribution in [0.1, 0.15) is 30.0 Å². The summed E-state index contributed by atoms with van der Waals surface area (Å²) in [5.41, 5.74) is 3.58. The van der Waals surface area contributed by atoms with Crippen molar-refractivity contribution in [2.75, 3.05) is 33.4 Å². The zero-order valence-electron chi connectivity index (χ0n) is 18.0. The molecule has 2 aromatic carbocycles. The van der Waals surface area contributed by atoms with Crippen molar-refractivity contribution in [3.8, 4) is 0 Å². The average Bonchev–Trinajstić information content (AvgIpc) is 3.25. The van der Waals surface area contributed by atoms with Gasteiger partial charge in [0.25, 0.3) is 0 Å². The summed E-state index contributed by atoms with van der Waals surface area (Å²) in [6.45, 7) is 7.50. The summed E-state index contributed by atoms with van der Waals surface area (Å²) < 4.78 is 11.5. The maximum atomic E-state index is 5.95. The Bertz CT molecular complexity index is 764. The molecule has 0 saturated carbocycles. The van der Waals surface area contributed by atoms with E-state index in [0.29, 0.717) is 25.7 Å². The summed E-state index contributed by atoms with van der Waals surface area (Å²) in [5.74, 6) is 1.53. The molecule has 1 atom stereocenters. The number of hydrogen-bond donors (Lipinski definition) is 1. The van der Waals surface area contributed by atoms with Crippen molar-refractivity contribution in [2.24, 2.45) is 10.9 Å². The molecule has 0 radical (unpaired) electrons. The first-order chi connectivity index (χ1) is 14.3. The van der Waals surface area contributed by atoms with Crippen molar-refractivity contribution in [1.82, 2.24) is 10.2 Å². The zero-order chi connectivity index (χ0) is 20.3. The van der Waals surface area contributed by atoms with Gasteiger partial charge >= 0.3 is 0 Å². The van der Waals surface area contributed by atoms with Crippen LogP contribution in [-0.2, 0) is 29.2 Å². The molecule has 0 bridgehead atoms. The Labute approximate surface area is 197 Å². The molecule has 1 unspecified atom stereocenters. The van der Waals surface area contributed by atoms with Gasteiger partial charge in [-0.2, -0.15) is 0 Å². The Morgan fingerprint density at radius 1 is 1.10 bits per heavy atom. The van der Waals surface area contributed by atoms with Gasteiger partial charge in [-0.15, -0.1) is 24.0 Å². The van der Waals surface area contributed by atoms with Crippen molar-refractivity contribution < 1.29 is 9.47 Å². The number of rotatable bonds is 9. The van der Waals surface area contributed by atoms with Crippen LogP contribution < -0.4 is 5.32 Å². The Balaban J connectivity index is 0.00000320. The second kappa shape index (κ2) is 13.6. The van der Waals surface area contributed by atoms with E-state index in [1.54, 1.807) is 0 Å². The quantitative estimate of drug-likeness (QED) is 0.300. The summed E-state index contributed by atoms with van der Waals surface area (Å²) in [6.07, 6.45) is 1.13. The van der Waals surface area contributed by atoms with Gasteiger partial charge < -0.3 is 19.7 Å². The van der Waals surface area contributed by atoms with Gasteiger partial charge in [0.2, 0.25) is 0 Å². The Morgan fingerprint density at radius 3 is 2.53 bits per heavy atom. The summed E-state index contributed by atoms with van der Waals surface area (Å²) >= 11 is 0. The highest BCUT2D eigenvalue weighted by Crippen LogP contribution is 2.15. The zero-order valence-corrected chi connectivity index (χ0v) is 20.4. The van der Waals surface area contributed by atoms with Crippen LogP contribution in [0.4, 0.5) is 0 Å². The van der Waals surface area contributed by atoms with Crippen molar-refractivity contribution >= 4 is 29.9 Å². The molecule has 3 rings (SSSR count). The summed E-state index contributed by atoms with van der Waals surface area (Å²) in [6, 6.07) is 18.7. The van der Waals surface area contributed by atoms with E-state index in [2.05, 4.69) is 60.6 Å². The van der Waals surface area contributed by atoms with Gasteiger partial charge in [0.15, 0.2) is 5.96 Å². The molecule has 1 aliphatic heterocycles. The molecule has 0 amide bonds. The van der Waals surface area contributed by atoms with Crippen molar-refractivity contribution in [1.29, 1.82) is 0 Å². The predicted octanol–water partition coefficient (Wildman–Crippen LogP) is 4.46. The molecular formula is C24H34IN3O2. The molecule has 0 aliphatic carbocycles. The fourth-order valence-electron chi connectivity index (χ4n) is 3.54. The van der Waals surface area contributed by atoms with Crippen LogP contribution >= 0.6 is 24.0 Å². The molecule has 164 valence electrons. The van der Waals surface area contributed by atoms with Crippen LogP contribution in [0.3, 0.4) is 0 Å². The molecule has 0 aromatic heterocycles. The van der Waals surface area contributed by atoms with Gasteiger partial charge in [0.1, 0.15) is 0 Å². The number of guanidine groups is 1. The largest absolute Gasteiger partial charge is 0.381 e. The van der Waals surface area contributed by atoms with E-state index in [1.807, 2.05) is 18.2 Å². The molecular weight excluding hydrogens is 489 g/mol. The standard InChI is InChI=1S/C24H33N3O2.HI/c1-3-25-24(27(2)16-21-13-14-28-18-21)26-15-22-11-7-8-12-23(22)19-29-17-20-9-5-4-6-10-20;/h4-12,21H,3,13-19H2,1-2H3,(H,25,26);1H. The number of aliphatic imine (C=N–C) groups is 1. The summed E-state index contributed by atoms with van der Waals surface area (Å²) in [7, 11) is 2.11. The minimum atomic E-state index is 0. The SMILES string of the molecule is CCNC(=NCc1ccccc1COCc1ccccc1)N(C)CC1CCOC1.I. The molecule has 2 aromatic rings. The first-order valence-corrected chi connectivity index (χ1v) is 10.5. The van der Waals surface area contributed by atoms with Crippen LogP contribution in [0.15, 0.2) is 59.6 Å². The van der Waals surface area contributed by atoms with Gasteiger partial charge in [-0.3, -0.25) is 0 Å². The number of nitrogens with zero attached hydrogens (tertiary/aromatic N) is 2. The molecule has 30 heavy (non-hydrogen) atoms. The minimum Gasteiger partial charge on any atom is -0.381 e. The summed E-state index contributed by atoms with van der Waals surface area (Å²) in [4.78, 5) is 7.11. The van der Waals surface area contributed by atoms with E-state index in [-0.39, 0.29) is 24.0 Å². The third-order valence-electron chi connectivity index (χ3n) is 5.14. The van der Waals surface area contributed by atoms with Crippen molar-refractivity contribution in [3.63, 3.8) is 0 Å². The van der Waals surface area contributed by atoms with E-state index in [4.69, 9.17) is 14.5 Å². The first kappa shape index (κ1) is 24.6. The molecule has 6 heteroatoms. The Morgan fingerprint density at radius 2 is 1.83 bits per heavy atom. The van der Waals surface area contributed by atoms with Crippen LogP contribution in [0.5, 0.6) is 0 Å². The smallest absolute Gasteiger partial charge is 0.193 e. The molecule has 1 fully saturated rings. The van der Waals surface area contributed by atoms with E-state index in [9.17, 15) is 0 Å². The lowest BCUT2D eigenvalue weighted by Gasteiger charge is -2.24. The van der Waals surface area contributed by atoms with E-state index in [1.165, 1.54) is 16.7 Å². The lowest BCUT2D eigenvalue weighted by atomic mass is 10.1. The van der Waals surface area contributed by atoms with Gasteiger partial charge in [0.05, 0.1) is 26.4 Å². The van der Waals surface area contributed by atoms with Crippen LogP contribution in [0.2, 0.25) is 0 Å². The molecule has 5 nitrogen and oxygen atoms in total. The van der Waals surface area contributed by atoms with Crippen molar-refractivity contribution in [3.05, 3.63) is 71.3 Å². The first-order valence-electron chi connectivity index (χ1n) is 10.5. The number of benzene rings is 2. The molecule has 1 heterocycles. The number of nitrogens with one attached hydrogen (secondary N) is 1. The topological polar surface area (TPSA) is 46.1 Å². The average molecular weight is 523 g/mol. The number of ether oxygens (including phenoxy) is 2. The molecule has 0 spiro atoms. The Hall–Kier alpha value is -1.64. The maximum absolute atomic E-state index is 5.95. The monoisotopic (exact) mass is 523 g/mol. The third kappa shape index (κ3) is 7.89. The number of hydrogen-bond acceptors (Lipinski definition) is 3. The highest BCUT2D eigenvalue weighted by Gasteiger charge is 2.19.